The van der Waals surface area contributed by atoms with E-state index < -0.39 is 10.0 Å². The van der Waals surface area contributed by atoms with Gasteiger partial charge in [0.15, 0.2) is 0 Å². The van der Waals surface area contributed by atoms with E-state index in [2.05, 4.69) is 19.2 Å². The fraction of sp³-hybridized carbons (Fsp3) is 1.00. The van der Waals surface area contributed by atoms with Gasteiger partial charge in [-0.2, -0.15) is 0 Å². The molecule has 0 aromatic carbocycles. The highest BCUT2D eigenvalue weighted by Gasteiger charge is 2.31. The highest BCUT2D eigenvalue weighted by atomic mass is 32.2. The number of rotatable bonds is 5. The number of nitrogens with two attached hydrogens (primary N) is 1. The first-order valence-electron chi connectivity index (χ1n) is 5.72. The summed E-state index contributed by atoms with van der Waals surface area (Å²) in [6, 6.07) is 0.334. The van der Waals surface area contributed by atoms with E-state index >= 15 is 0 Å². The van der Waals surface area contributed by atoms with Crippen LogP contribution in [0.5, 0.6) is 0 Å². The molecule has 1 aliphatic heterocycles. The molecule has 16 heavy (non-hydrogen) atoms. The van der Waals surface area contributed by atoms with Crippen molar-refractivity contribution in [3.8, 4) is 0 Å². The minimum atomic E-state index is -3.35. The van der Waals surface area contributed by atoms with Gasteiger partial charge in [0, 0.05) is 19.2 Å². The molecule has 0 amide bonds. The number of hydrogen-bond acceptors (Lipinski definition) is 4. The number of hydrogen-bond donors (Lipinski definition) is 2. The lowest BCUT2D eigenvalue weighted by atomic mass is 9.90. The molecular weight excluding hydrogens is 228 g/mol. The Bertz CT molecular complexity index is 318. The molecular formula is C10H22N2O3S. The Kier molecular flexibility index (Phi) is 4.73. The lowest BCUT2D eigenvalue weighted by molar-refractivity contribution is -0.0776. The minimum Gasteiger partial charge on any atom is -0.375 e. The van der Waals surface area contributed by atoms with Crippen LogP contribution in [-0.2, 0) is 14.8 Å². The molecule has 0 spiro atoms. The summed E-state index contributed by atoms with van der Waals surface area (Å²) >= 11 is 0. The first kappa shape index (κ1) is 13.9. The van der Waals surface area contributed by atoms with Crippen LogP contribution in [0.1, 0.15) is 33.1 Å². The number of sulfonamides is 1. The highest BCUT2D eigenvalue weighted by Crippen LogP contribution is 2.27. The summed E-state index contributed by atoms with van der Waals surface area (Å²) in [4.78, 5) is 0. The van der Waals surface area contributed by atoms with Crippen LogP contribution in [0, 0.1) is 0 Å². The third-order valence-electron chi connectivity index (χ3n) is 3.16. The molecule has 2 atom stereocenters. The van der Waals surface area contributed by atoms with Crippen LogP contribution < -0.4 is 10.5 Å². The molecule has 1 saturated heterocycles. The minimum absolute atomic E-state index is 0.00675. The summed E-state index contributed by atoms with van der Waals surface area (Å²) in [6.07, 6.45) is 2.83. The van der Waals surface area contributed by atoms with Crippen LogP contribution in [0.2, 0.25) is 0 Å². The molecule has 1 heterocycles. The average molecular weight is 250 g/mol. The van der Waals surface area contributed by atoms with Crippen LogP contribution >= 0.6 is 0 Å². The first-order chi connectivity index (χ1) is 7.35. The molecule has 0 aliphatic carbocycles. The summed E-state index contributed by atoms with van der Waals surface area (Å²) in [5.41, 5.74) is -0.0719. The Balaban J connectivity index is 2.33. The molecule has 1 rings (SSSR count). The van der Waals surface area contributed by atoms with Crippen molar-refractivity contribution >= 4 is 10.0 Å². The van der Waals surface area contributed by atoms with Crippen LogP contribution in [0.25, 0.3) is 0 Å². The van der Waals surface area contributed by atoms with Gasteiger partial charge < -0.3 is 10.1 Å². The zero-order chi connectivity index (χ0) is 12.2. The quantitative estimate of drug-likeness (QED) is 0.731. The maximum atomic E-state index is 10.8. The molecule has 2 unspecified atom stereocenters. The molecule has 0 aromatic heterocycles. The predicted molar refractivity (Wildman–Crippen MR) is 63.6 cm³/mol. The van der Waals surface area contributed by atoms with E-state index in [9.17, 15) is 8.42 Å². The fourth-order valence-corrected chi connectivity index (χ4v) is 2.36. The van der Waals surface area contributed by atoms with Crippen LogP contribution in [0.15, 0.2) is 0 Å². The average Bonchev–Trinajstić information content (AvgIpc) is 2.16. The highest BCUT2D eigenvalue weighted by molar-refractivity contribution is 7.89. The molecule has 5 nitrogen and oxygen atoms in total. The topological polar surface area (TPSA) is 81.4 Å². The summed E-state index contributed by atoms with van der Waals surface area (Å²) in [7, 11) is -3.35. The normalized spacial score (nSPS) is 31.6. The maximum Gasteiger partial charge on any atom is 0.210 e. The lowest BCUT2D eigenvalue weighted by Crippen LogP contribution is -2.46. The van der Waals surface area contributed by atoms with Crippen molar-refractivity contribution in [2.45, 2.75) is 44.8 Å². The summed E-state index contributed by atoms with van der Waals surface area (Å²) in [5.74, 6) is -0.00675. The van der Waals surface area contributed by atoms with Gasteiger partial charge in [-0.15, -0.1) is 0 Å². The molecule has 0 aromatic rings. The molecule has 96 valence electrons. The van der Waals surface area contributed by atoms with Crippen molar-refractivity contribution < 1.29 is 13.2 Å². The van der Waals surface area contributed by atoms with Gasteiger partial charge in [-0.05, 0) is 26.2 Å². The van der Waals surface area contributed by atoms with E-state index in [1.54, 1.807) is 0 Å². The van der Waals surface area contributed by atoms with Crippen molar-refractivity contribution in [1.29, 1.82) is 0 Å². The van der Waals surface area contributed by atoms with E-state index in [0.717, 1.165) is 25.9 Å². The van der Waals surface area contributed by atoms with E-state index in [1.807, 2.05) is 0 Å². The molecule has 1 fully saturated rings. The van der Waals surface area contributed by atoms with Gasteiger partial charge in [0.25, 0.3) is 0 Å². The van der Waals surface area contributed by atoms with E-state index in [-0.39, 0.29) is 11.4 Å². The standard InChI is InChI=1S/C10H22N2O3S/c1-3-10(2)8-9(4-6-15-10)12-5-7-16(11,13)14/h9,12H,3-8H2,1-2H3,(H2,11,13,14). The summed E-state index contributed by atoms with van der Waals surface area (Å²) in [5, 5.41) is 8.17. The second kappa shape index (κ2) is 5.44. The zero-order valence-corrected chi connectivity index (χ0v) is 10.8. The first-order valence-corrected chi connectivity index (χ1v) is 7.44. The summed E-state index contributed by atoms with van der Waals surface area (Å²) < 4.78 is 27.2. The predicted octanol–water partition coefficient (Wildman–Crippen LogP) is 0.212. The van der Waals surface area contributed by atoms with Crippen molar-refractivity contribution in [3.63, 3.8) is 0 Å². The second-order valence-electron chi connectivity index (χ2n) is 4.66. The zero-order valence-electron chi connectivity index (χ0n) is 10.0. The van der Waals surface area contributed by atoms with Gasteiger partial charge in [-0.1, -0.05) is 6.92 Å². The van der Waals surface area contributed by atoms with Crippen molar-refractivity contribution in [2.75, 3.05) is 18.9 Å². The molecule has 0 radical (unpaired) electrons. The van der Waals surface area contributed by atoms with Gasteiger partial charge >= 0.3 is 0 Å². The van der Waals surface area contributed by atoms with Crippen LogP contribution in [-0.4, -0.2) is 39.0 Å². The molecule has 6 heteroatoms. The van der Waals surface area contributed by atoms with Crippen molar-refractivity contribution in [1.82, 2.24) is 5.32 Å². The molecule has 0 bridgehead atoms. The Morgan fingerprint density at radius 1 is 1.56 bits per heavy atom. The van der Waals surface area contributed by atoms with Crippen molar-refractivity contribution in [3.05, 3.63) is 0 Å². The Morgan fingerprint density at radius 2 is 2.25 bits per heavy atom. The smallest absolute Gasteiger partial charge is 0.210 e. The summed E-state index contributed by atoms with van der Waals surface area (Å²) in [6.45, 7) is 5.36. The second-order valence-corrected chi connectivity index (χ2v) is 6.40. The third-order valence-corrected chi connectivity index (χ3v) is 3.94. The van der Waals surface area contributed by atoms with Gasteiger partial charge in [-0.3, -0.25) is 0 Å². The SMILES string of the molecule is CCC1(C)CC(NCCS(N)(=O)=O)CCO1. The number of nitrogens with one attached hydrogen (secondary N) is 1. The largest absolute Gasteiger partial charge is 0.375 e. The van der Waals surface area contributed by atoms with Gasteiger partial charge in [0.2, 0.25) is 10.0 Å². The Labute approximate surface area is 97.8 Å². The van der Waals surface area contributed by atoms with Crippen molar-refractivity contribution in [2.24, 2.45) is 5.14 Å². The van der Waals surface area contributed by atoms with Gasteiger partial charge in [0.1, 0.15) is 0 Å². The molecule has 1 aliphatic rings. The van der Waals surface area contributed by atoms with Gasteiger partial charge in [-0.25, -0.2) is 13.6 Å². The Hall–Kier alpha value is -0.170. The van der Waals surface area contributed by atoms with Crippen LogP contribution in [0.4, 0.5) is 0 Å². The number of ether oxygens (including phenoxy) is 1. The molecule has 3 N–H and O–H groups in total. The molecule has 0 saturated carbocycles. The van der Waals surface area contributed by atoms with Crippen LogP contribution in [0.3, 0.4) is 0 Å². The van der Waals surface area contributed by atoms with E-state index in [1.165, 1.54) is 0 Å². The number of primary sulfonamides is 1. The lowest BCUT2D eigenvalue weighted by Gasteiger charge is -2.38. The van der Waals surface area contributed by atoms with E-state index in [4.69, 9.17) is 9.88 Å². The monoisotopic (exact) mass is 250 g/mol. The van der Waals surface area contributed by atoms with Gasteiger partial charge in [0.05, 0.1) is 11.4 Å². The Morgan fingerprint density at radius 3 is 2.81 bits per heavy atom. The maximum absolute atomic E-state index is 10.8. The fourth-order valence-electron chi connectivity index (χ4n) is 1.96. The van der Waals surface area contributed by atoms with E-state index in [0.29, 0.717) is 12.6 Å². The third kappa shape index (κ3) is 4.78.